The van der Waals surface area contributed by atoms with Gasteiger partial charge in [-0.05, 0) is 36.7 Å². The summed E-state index contributed by atoms with van der Waals surface area (Å²) in [5.74, 6) is -0.160. The Kier molecular flexibility index (Phi) is 2.76. The second kappa shape index (κ2) is 4.05. The van der Waals surface area contributed by atoms with Crippen LogP contribution in [0.25, 0.3) is 0 Å². The molecule has 1 aliphatic heterocycles. The molecule has 1 unspecified atom stereocenters. The van der Waals surface area contributed by atoms with Crippen LogP contribution in [-0.2, 0) is 6.42 Å². The Morgan fingerprint density at radius 1 is 1.33 bits per heavy atom. The van der Waals surface area contributed by atoms with E-state index in [9.17, 15) is 4.39 Å². The lowest BCUT2D eigenvalue weighted by Gasteiger charge is -2.20. The minimum atomic E-state index is -0.160. The maximum absolute atomic E-state index is 12.7. The maximum Gasteiger partial charge on any atom is 0.123 e. The number of benzene rings is 1. The molecule has 0 fully saturated rings. The van der Waals surface area contributed by atoms with Crippen molar-refractivity contribution in [3.05, 3.63) is 47.9 Å². The molecule has 0 amide bonds. The average Bonchev–Trinajstić information content (AvgIpc) is 2.65. The molecule has 0 aliphatic carbocycles. The highest BCUT2D eigenvalue weighted by Crippen LogP contribution is 2.27. The Morgan fingerprint density at radius 3 is 2.67 bits per heavy atom. The van der Waals surface area contributed by atoms with E-state index in [-0.39, 0.29) is 11.2 Å². The summed E-state index contributed by atoms with van der Waals surface area (Å²) in [6.45, 7) is 3.25. The normalized spacial score (nSPS) is 24.1. The van der Waals surface area contributed by atoms with Gasteiger partial charge in [-0.3, -0.25) is 0 Å². The van der Waals surface area contributed by atoms with Crippen LogP contribution in [-0.4, -0.2) is 6.54 Å². The van der Waals surface area contributed by atoms with Crippen LogP contribution in [0.1, 0.15) is 18.9 Å². The lowest BCUT2D eigenvalue weighted by Crippen LogP contribution is -2.21. The molecule has 0 spiro atoms. The zero-order valence-electron chi connectivity index (χ0n) is 8.96. The fraction of sp³-hybridized carbons (Fsp3) is 0.385. The van der Waals surface area contributed by atoms with E-state index in [1.807, 2.05) is 18.3 Å². The van der Waals surface area contributed by atoms with Gasteiger partial charge >= 0.3 is 0 Å². The van der Waals surface area contributed by atoms with Crippen molar-refractivity contribution in [3.8, 4) is 0 Å². The first-order valence-electron chi connectivity index (χ1n) is 5.34. The molecular weight excluding hydrogens is 189 g/mol. The predicted octanol–water partition coefficient (Wildman–Crippen LogP) is 2.88. The summed E-state index contributed by atoms with van der Waals surface area (Å²) in [4.78, 5) is 0. The van der Waals surface area contributed by atoms with Crippen molar-refractivity contribution in [2.45, 2.75) is 19.8 Å². The highest BCUT2D eigenvalue weighted by molar-refractivity contribution is 5.17. The molecule has 1 aromatic rings. The van der Waals surface area contributed by atoms with E-state index >= 15 is 0 Å². The summed E-state index contributed by atoms with van der Waals surface area (Å²) >= 11 is 0. The summed E-state index contributed by atoms with van der Waals surface area (Å²) in [5, 5.41) is 3.22. The molecule has 2 rings (SSSR count). The summed E-state index contributed by atoms with van der Waals surface area (Å²) in [5.41, 5.74) is 1.46. The Bertz CT molecular complexity index is 355. The van der Waals surface area contributed by atoms with E-state index < -0.39 is 0 Å². The van der Waals surface area contributed by atoms with Crippen LogP contribution in [0.5, 0.6) is 0 Å². The fourth-order valence-corrected chi connectivity index (χ4v) is 1.86. The average molecular weight is 205 g/mol. The van der Waals surface area contributed by atoms with Crippen molar-refractivity contribution in [3.63, 3.8) is 0 Å². The second-order valence-corrected chi connectivity index (χ2v) is 4.49. The minimum Gasteiger partial charge on any atom is -0.390 e. The molecule has 15 heavy (non-hydrogen) atoms. The molecule has 0 saturated carbocycles. The van der Waals surface area contributed by atoms with Gasteiger partial charge in [0.05, 0.1) is 0 Å². The van der Waals surface area contributed by atoms with Crippen LogP contribution in [0.15, 0.2) is 36.5 Å². The topological polar surface area (TPSA) is 12.0 Å². The van der Waals surface area contributed by atoms with Crippen molar-refractivity contribution in [2.75, 3.05) is 6.54 Å². The van der Waals surface area contributed by atoms with E-state index in [4.69, 9.17) is 0 Å². The first-order chi connectivity index (χ1) is 7.18. The van der Waals surface area contributed by atoms with Crippen molar-refractivity contribution >= 4 is 0 Å². The monoisotopic (exact) mass is 205 g/mol. The Labute approximate surface area is 90.0 Å². The van der Waals surface area contributed by atoms with E-state index in [1.54, 1.807) is 0 Å². The molecule has 1 atom stereocenters. The zero-order chi connectivity index (χ0) is 10.7. The predicted molar refractivity (Wildman–Crippen MR) is 60.0 cm³/mol. The molecule has 1 heterocycles. The molecule has 1 aliphatic rings. The van der Waals surface area contributed by atoms with Gasteiger partial charge in [0.15, 0.2) is 0 Å². The van der Waals surface area contributed by atoms with Crippen LogP contribution < -0.4 is 5.32 Å². The third-order valence-electron chi connectivity index (χ3n) is 3.01. The molecule has 2 heteroatoms. The Morgan fingerprint density at radius 2 is 2.07 bits per heavy atom. The Hall–Kier alpha value is -1.31. The molecule has 0 radical (unpaired) electrons. The van der Waals surface area contributed by atoms with Crippen LogP contribution in [0.4, 0.5) is 4.39 Å². The highest BCUT2D eigenvalue weighted by Gasteiger charge is 2.23. The smallest absolute Gasteiger partial charge is 0.123 e. The van der Waals surface area contributed by atoms with Gasteiger partial charge < -0.3 is 5.32 Å². The third kappa shape index (κ3) is 2.58. The lowest BCUT2D eigenvalue weighted by molar-refractivity contribution is 0.407. The second-order valence-electron chi connectivity index (χ2n) is 4.49. The largest absolute Gasteiger partial charge is 0.390 e. The van der Waals surface area contributed by atoms with Gasteiger partial charge in [-0.25, -0.2) is 4.39 Å². The van der Waals surface area contributed by atoms with Crippen molar-refractivity contribution in [2.24, 2.45) is 5.41 Å². The molecular formula is C13H16FN. The zero-order valence-corrected chi connectivity index (χ0v) is 8.96. The lowest BCUT2D eigenvalue weighted by atomic mass is 9.85. The van der Waals surface area contributed by atoms with Gasteiger partial charge in [-0.1, -0.05) is 25.1 Å². The number of aryl methyl sites for hydroxylation is 1. The molecule has 1 nitrogen and oxygen atoms in total. The van der Waals surface area contributed by atoms with E-state index in [0.29, 0.717) is 0 Å². The molecule has 1 aromatic carbocycles. The maximum atomic E-state index is 12.7. The van der Waals surface area contributed by atoms with Crippen molar-refractivity contribution < 1.29 is 4.39 Å². The third-order valence-corrected chi connectivity index (χ3v) is 3.01. The summed E-state index contributed by atoms with van der Waals surface area (Å²) in [7, 11) is 0. The first kappa shape index (κ1) is 10.2. The number of hydrogen-bond donors (Lipinski definition) is 1. The molecule has 0 saturated heterocycles. The van der Waals surface area contributed by atoms with Gasteiger partial charge in [0.1, 0.15) is 5.82 Å². The van der Waals surface area contributed by atoms with Crippen LogP contribution in [0, 0.1) is 11.2 Å². The van der Waals surface area contributed by atoms with Gasteiger partial charge in [-0.2, -0.15) is 0 Å². The van der Waals surface area contributed by atoms with Crippen LogP contribution >= 0.6 is 0 Å². The van der Waals surface area contributed by atoms with Gasteiger partial charge in [0, 0.05) is 12.0 Å². The standard InChI is InChI=1S/C13H16FN/c1-13(8-9-15-10-13)7-6-11-2-4-12(14)5-3-11/h2-5,8-9,15H,6-7,10H2,1H3. The van der Waals surface area contributed by atoms with Gasteiger partial charge in [0.2, 0.25) is 0 Å². The summed E-state index contributed by atoms with van der Waals surface area (Å²) in [6, 6.07) is 6.79. The molecule has 80 valence electrons. The summed E-state index contributed by atoms with van der Waals surface area (Å²) in [6.07, 6.45) is 6.34. The van der Waals surface area contributed by atoms with Crippen molar-refractivity contribution in [1.82, 2.24) is 5.32 Å². The fourth-order valence-electron chi connectivity index (χ4n) is 1.86. The minimum absolute atomic E-state index is 0.160. The van der Waals surface area contributed by atoms with Crippen LogP contribution in [0.3, 0.4) is 0 Å². The number of halogens is 1. The molecule has 1 N–H and O–H groups in total. The Balaban J connectivity index is 1.93. The van der Waals surface area contributed by atoms with E-state index in [2.05, 4.69) is 18.3 Å². The quantitative estimate of drug-likeness (QED) is 0.800. The number of rotatable bonds is 3. The van der Waals surface area contributed by atoms with Gasteiger partial charge in [0.25, 0.3) is 0 Å². The molecule has 0 bridgehead atoms. The first-order valence-corrected chi connectivity index (χ1v) is 5.34. The molecule has 0 aromatic heterocycles. The van der Waals surface area contributed by atoms with E-state index in [1.165, 1.54) is 17.7 Å². The number of nitrogens with one attached hydrogen (secondary N) is 1. The summed E-state index contributed by atoms with van der Waals surface area (Å²) < 4.78 is 12.7. The van der Waals surface area contributed by atoms with E-state index in [0.717, 1.165) is 19.4 Å². The van der Waals surface area contributed by atoms with Crippen LogP contribution in [0.2, 0.25) is 0 Å². The van der Waals surface area contributed by atoms with Crippen molar-refractivity contribution in [1.29, 1.82) is 0 Å². The SMILES string of the molecule is CC1(CCc2ccc(F)cc2)C=CNC1. The van der Waals surface area contributed by atoms with Gasteiger partial charge in [-0.15, -0.1) is 0 Å². The highest BCUT2D eigenvalue weighted by atomic mass is 19.1. The number of hydrogen-bond acceptors (Lipinski definition) is 1.